The van der Waals surface area contributed by atoms with E-state index in [-0.39, 0.29) is 36.0 Å². The number of likely N-dealkylation sites (tertiary alicyclic amines) is 1. The van der Waals surface area contributed by atoms with Crippen LogP contribution in [0.1, 0.15) is 30.3 Å². The number of hydrogen-bond donors (Lipinski definition) is 0. The van der Waals surface area contributed by atoms with Crippen molar-refractivity contribution in [1.29, 1.82) is 0 Å². The predicted molar refractivity (Wildman–Crippen MR) is 120 cm³/mol. The number of nitrogens with zero attached hydrogens (tertiary/aromatic N) is 3. The van der Waals surface area contributed by atoms with Gasteiger partial charge in [0, 0.05) is 20.1 Å². The fourth-order valence-electron chi connectivity index (χ4n) is 3.73. The highest BCUT2D eigenvalue weighted by Gasteiger charge is 2.29. The van der Waals surface area contributed by atoms with Crippen molar-refractivity contribution in [1.82, 2.24) is 14.8 Å². The van der Waals surface area contributed by atoms with Crippen LogP contribution >= 0.6 is 11.3 Å². The topological polar surface area (TPSA) is 93.0 Å². The van der Waals surface area contributed by atoms with Gasteiger partial charge in [0.1, 0.15) is 0 Å². The summed E-state index contributed by atoms with van der Waals surface area (Å²) >= 11 is 1.49. The van der Waals surface area contributed by atoms with Crippen LogP contribution in [-0.2, 0) is 14.3 Å². The Morgan fingerprint density at radius 1 is 1.19 bits per heavy atom. The molecule has 1 saturated heterocycles. The van der Waals surface area contributed by atoms with Gasteiger partial charge in [0.2, 0.25) is 5.91 Å². The van der Waals surface area contributed by atoms with Crippen molar-refractivity contribution in [3.63, 3.8) is 0 Å². The number of hydrogen-bond acceptors (Lipinski definition) is 7. The second kappa shape index (κ2) is 9.52. The molecule has 0 spiro atoms. The zero-order valence-electron chi connectivity index (χ0n) is 18.1. The lowest BCUT2D eigenvalue weighted by Gasteiger charge is -2.32. The zero-order chi connectivity index (χ0) is 22.7. The van der Waals surface area contributed by atoms with E-state index in [2.05, 4.69) is 4.98 Å². The maximum Gasteiger partial charge on any atom is 0.309 e. The number of likely N-dealkylation sites (N-methyl/N-ethyl adjacent to an activating group) is 1. The van der Waals surface area contributed by atoms with E-state index in [1.807, 2.05) is 24.3 Å². The Hall–Kier alpha value is -3.20. The largest absolute Gasteiger partial charge is 0.466 e. The Balaban J connectivity index is 1.34. The van der Waals surface area contributed by atoms with Crippen LogP contribution in [0.25, 0.3) is 21.0 Å². The maximum absolute atomic E-state index is 12.8. The van der Waals surface area contributed by atoms with Gasteiger partial charge in [-0.15, -0.1) is 11.3 Å². The first-order chi connectivity index (χ1) is 15.5. The van der Waals surface area contributed by atoms with Crippen LogP contribution in [0.4, 0.5) is 0 Å². The minimum absolute atomic E-state index is 0.0555. The number of para-hydroxylation sites is 1. The molecule has 1 fully saturated rings. The molecule has 1 aliphatic rings. The summed E-state index contributed by atoms with van der Waals surface area (Å²) in [6, 6.07) is 11.1. The Bertz CT molecular complexity index is 1100. The number of aromatic nitrogens is 1. The first-order valence-corrected chi connectivity index (χ1v) is 11.4. The van der Waals surface area contributed by atoms with Gasteiger partial charge in [-0.05, 0) is 44.0 Å². The summed E-state index contributed by atoms with van der Waals surface area (Å²) in [5.74, 6) is -0.199. The fraction of sp³-hybridized carbons (Fsp3) is 0.391. The van der Waals surface area contributed by atoms with Gasteiger partial charge in [-0.3, -0.25) is 14.4 Å². The lowest BCUT2D eigenvalue weighted by Crippen LogP contribution is -2.45. The molecule has 8 nitrogen and oxygen atoms in total. The fourth-order valence-corrected chi connectivity index (χ4v) is 4.66. The predicted octanol–water partition coefficient (Wildman–Crippen LogP) is 3.43. The molecule has 1 aromatic carbocycles. The smallest absolute Gasteiger partial charge is 0.309 e. The van der Waals surface area contributed by atoms with Crippen LogP contribution in [0.5, 0.6) is 0 Å². The van der Waals surface area contributed by atoms with Crippen molar-refractivity contribution in [3.05, 3.63) is 42.2 Å². The van der Waals surface area contributed by atoms with Crippen LogP contribution in [-0.4, -0.2) is 65.9 Å². The van der Waals surface area contributed by atoms with E-state index in [4.69, 9.17) is 9.15 Å². The standard InChI is InChI=1S/C23H25N3O5S/c1-3-30-23(29)15-10-12-26(13-11-15)20(27)14-25(2)22(28)18-9-8-17(31-18)21-24-16-6-4-5-7-19(16)32-21/h4-9,15H,3,10-14H2,1-2H3. The van der Waals surface area contributed by atoms with Crippen molar-refractivity contribution < 1.29 is 23.5 Å². The minimum Gasteiger partial charge on any atom is -0.466 e. The summed E-state index contributed by atoms with van der Waals surface area (Å²) in [5.41, 5.74) is 0.881. The normalized spacial score (nSPS) is 14.5. The van der Waals surface area contributed by atoms with Gasteiger partial charge in [-0.1, -0.05) is 12.1 Å². The quantitative estimate of drug-likeness (QED) is 0.529. The van der Waals surface area contributed by atoms with Gasteiger partial charge in [0.15, 0.2) is 16.5 Å². The number of piperidine rings is 1. The molecule has 0 aliphatic carbocycles. The molecule has 3 heterocycles. The first kappa shape index (κ1) is 22.0. The van der Waals surface area contributed by atoms with Crippen molar-refractivity contribution in [3.8, 4) is 10.8 Å². The zero-order valence-corrected chi connectivity index (χ0v) is 18.9. The molecule has 32 heavy (non-hydrogen) atoms. The third-order valence-corrected chi connectivity index (χ3v) is 6.56. The van der Waals surface area contributed by atoms with Crippen molar-refractivity contribution >= 4 is 39.3 Å². The Morgan fingerprint density at radius 3 is 2.66 bits per heavy atom. The number of fused-ring (bicyclic) bond motifs is 1. The number of esters is 1. The van der Waals surface area contributed by atoms with Crippen LogP contribution in [0.15, 0.2) is 40.8 Å². The average Bonchev–Trinajstić information content (AvgIpc) is 3.46. The van der Waals surface area contributed by atoms with Crippen molar-refractivity contribution in [2.75, 3.05) is 33.3 Å². The van der Waals surface area contributed by atoms with Gasteiger partial charge in [0.05, 0.1) is 29.3 Å². The number of carbonyl (C=O) groups is 3. The number of rotatable bonds is 6. The summed E-state index contributed by atoms with van der Waals surface area (Å²) in [5, 5.41) is 0.702. The van der Waals surface area contributed by atoms with Crippen LogP contribution in [0.2, 0.25) is 0 Å². The monoisotopic (exact) mass is 455 g/mol. The third kappa shape index (κ3) is 4.67. The summed E-state index contributed by atoms with van der Waals surface area (Å²) in [6.07, 6.45) is 1.15. The molecule has 0 saturated carbocycles. The number of carbonyl (C=O) groups excluding carboxylic acids is 3. The van der Waals surface area contributed by atoms with E-state index < -0.39 is 0 Å². The summed E-state index contributed by atoms with van der Waals surface area (Å²) in [4.78, 5) is 44.9. The lowest BCUT2D eigenvalue weighted by molar-refractivity contribution is -0.151. The van der Waals surface area contributed by atoms with Crippen LogP contribution in [0, 0.1) is 5.92 Å². The molecule has 2 amide bonds. The lowest BCUT2D eigenvalue weighted by atomic mass is 9.97. The number of benzene rings is 1. The number of amides is 2. The molecule has 0 radical (unpaired) electrons. The Kier molecular flexibility index (Phi) is 6.55. The molecular weight excluding hydrogens is 430 g/mol. The first-order valence-electron chi connectivity index (χ1n) is 10.6. The van der Waals surface area contributed by atoms with Gasteiger partial charge in [0.25, 0.3) is 5.91 Å². The molecule has 0 bridgehead atoms. The second-order valence-corrected chi connectivity index (χ2v) is 8.75. The molecule has 0 unspecified atom stereocenters. The SMILES string of the molecule is CCOC(=O)C1CCN(C(=O)CN(C)C(=O)c2ccc(-c3nc4ccccc4s3)o2)CC1. The van der Waals surface area contributed by atoms with Gasteiger partial charge in [-0.25, -0.2) is 4.98 Å². The Labute approximate surface area is 189 Å². The van der Waals surface area contributed by atoms with E-state index in [9.17, 15) is 14.4 Å². The molecule has 4 rings (SSSR count). The highest BCUT2D eigenvalue weighted by Crippen LogP contribution is 2.31. The highest BCUT2D eigenvalue weighted by atomic mass is 32.1. The molecule has 9 heteroatoms. The summed E-state index contributed by atoms with van der Waals surface area (Å²) in [6.45, 7) is 3.04. The van der Waals surface area contributed by atoms with Gasteiger partial charge < -0.3 is 19.0 Å². The molecule has 2 aromatic heterocycles. The van der Waals surface area contributed by atoms with E-state index in [0.29, 0.717) is 43.3 Å². The maximum atomic E-state index is 12.8. The third-order valence-electron chi connectivity index (χ3n) is 5.51. The van der Waals surface area contributed by atoms with Crippen LogP contribution < -0.4 is 0 Å². The van der Waals surface area contributed by atoms with E-state index in [0.717, 1.165) is 10.2 Å². The van der Waals surface area contributed by atoms with Gasteiger partial charge >= 0.3 is 5.97 Å². The highest BCUT2D eigenvalue weighted by molar-refractivity contribution is 7.21. The number of thiazole rings is 1. The minimum atomic E-state index is -0.368. The van der Waals surface area contributed by atoms with Crippen molar-refractivity contribution in [2.24, 2.45) is 5.92 Å². The molecule has 0 N–H and O–H groups in total. The van der Waals surface area contributed by atoms with Crippen molar-refractivity contribution in [2.45, 2.75) is 19.8 Å². The van der Waals surface area contributed by atoms with E-state index in [1.54, 1.807) is 31.0 Å². The molecule has 0 atom stereocenters. The molecular formula is C23H25N3O5S. The number of ether oxygens (including phenoxy) is 1. The Morgan fingerprint density at radius 2 is 1.94 bits per heavy atom. The molecule has 1 aliphatic heterocycles. The van der Waals surface area contributed by atoms with Gasteiger partial charge in [-0.2, -0.15) is 0 Å². The van der Waals surface area contributed by atoms with E-state index >= 15 is 0 Å². The molecule has 168 valence electrons. The summed E-state index contributed by atoms with van der Waals surface area (Å²) in [7, 11) is 1.57. The molecule has 3 aromatic rings. The number of furan rings is 1. The average molecular weight is 456 g/mol. The van der Waals surface area contributed by atoms with Crippen LogP contribution in [0.3, 0.4) is 0 Å². The second-order valence-electron chi connectivity index (χ2n) is 7.72. The van der Waals surface area contributed by atoms with E-state index in [1.165, 1.54) is 16.2 Å². The summed E-state index contributed by atoms with van der Waals surface area (Å²) < 4.78 is 11.9.